The number of anilines is 2. The fraction of sp³-hybridized carbons (Fsp3) is 0.524. The molecular weight excluding hydrogens is 398 g/mol. The molecule has 0 bridgehead atoms. The van der Waals surface area contributed by atoms with Crippen LogP contribution in [0.3, 0.4) is 0 Å². The Morgan fingerprint density at radius 2 is 2.23 bits per heavy atom. The summed E-state index contributed by atoms with van der Waals surface area (Å²) in [5, 5.41) is 27.7. The third-order valence-corrected chi connectivity index (χ3v) is 5.76. The van der Waals surface area contributed by atoms with Gasteiger partial charge in [-0.1, -0.05) is 6.92 Å². The van der Waals surface area contributed by atoms with Gasteiger partial charge in [-0.25, -0.2) is 14.3 Å². The summed E-state index contributed by atoms with van der Waals surface area (Å²) in [7, 11) is 0. The predicted molar refractivity (Wildman–Crippen MR) is 115 cm³/mol. The van der Waals surface area contributed by atoms with Crippen molar-refractivity contribution >= 4 is 23.2 Å². The summed E-state index contributed by atoms with van der Waals surface area (Å²) in [6.45, 7) is 5.66. The quantitative estimate of drug-likeness (QED) is 0.455. The smallest absolute Gasteiger partial charge is 0.407 e. The lowest BCUT2D eigenvalue weighted by molar-refractivity contribution is 0.0974. The van der Waals surface area contributed by atoms with E-state index in [0.717, 1.165) is 36.9 Å². The molecule has 10 heteroatoms. The zero-order chi connectivity index (χ0) is 22.0. The van der Waals surface area contributed by atoms with Crippen LogP contribution in [0.25, 0.3) is 5.52 Å². The number of fused-ring (bicyclic) bond motifs is 1. The molecule has 0 unspecified atom stereocenters. The molecule has 1 fully saturated rings. The summed E-state index contributed by atoms with van der Waals surface area (Å²) in [5.74, 6) is 1.51. The highest BCUT2D eigenvalue weighted by molar-refractivity contribution is 5.72. The SMILES string of the molecule is CC[C@H](C)NC(=O)O[C@@H]1CC[C@H](c2cc(Nc3nccn4nc([C@@H](C)O)cc34)n[nH]2)C1. The van der Waals surface area contributed by atoms with Crippen molar-refractivity contribution in [1.82, 2.24) is 30.1 Å². The summed E-state index contributed by atoms with van der Waals surface area (Å²) in [6, 6.07) is 3.87. The van der Waals surface area contributed by atoms with Crippen molar-refractivity contribution in [3.8, 4) is 0 Å². The highest BCUT2D eigenvalue weighted by Gasteiger charge is 2.30. The summed E-state index contributed by atoms with van der Waals surface area (Å²) in [4.78, 5) is 16.4. The number of aromatic amines is 1. The van der Waals surface area contributed by atoms with Crippen LogP contribution in [0.1, 0.15) is 69.9 Å². The van der Waals surface area contributed by atoms with Crippen molar-refractivity contribution < 1.29 is 14.6 Å². The number of alkyl carbamates (subject to hydrolysis) is 1. The molecule has 0 saturated heterocycles. The molecule has 1 aliphatic rings. The third-order valence-electron chi connectivity index (χ3n) is 5.76. The molecular formula is C21H29N7O3. The van der Waals surface area contributed by atoms with E-state index in [1.54, 1.807) is 29.9 Å². The number of nitrogens with zero attached hydrogens (tertiary/aromatic N) is 4. The van der Waals surface area contributed by atoms with Gasteiger partial charge in [-0.05, 0) is 45.6 Å². The van der Waals surface area contributed by atoms with Gasteiger partial charge in [0.1, 0.15) is 11.6 Å². The summed E-state index contributed by atoms with van der Waals surface area (Å²) < 4.78 is 7.24. The Morgan fingerprint density at radius 1 is 1.39 bits per heavy atom. The van der Waals surface area contributed by atoms with E-state index in [-0.39, 0.29) is 24.2 Å². The molecule has 31 heavy (non-hydrogen) atoms. The summed E-state index contributed by atoms with van der Waals surface area (Å²) in [5.41, 5.74) is 2.33. The van der Waals surface area contributed by atoms with E-state index in [9.17, 15) is 9.90 Å². The van der Waals surface area contributed by atoms with Crippen LogP contribution in [0.2, 0.25) is 0 Å². The number of carbonyl (C=O) groups is 1. The van der Waals surface area contributed by atoms with Crippen molar-refractivity contribution in [2.75, 3.05) is 5.32 Å². The van der Waals surface area contributed by atoms with E-state index < -0.39 is 6.10 Å². The van der Waals surface area contributed by atoms with Gasteiger partial charge in [0.2, 0.25) is 0 Å². The predicted octanol–water partition coefficient (Wildman–Crippen LogP) is 3.41. The number of hydrogen-bond acceptors (Lipinski definition) is 7. The van der Waals surface area contributed by atoms with Gasteiger partial charge < -0.3 is 20.5 Å². The number of H-pyrrole nitrogens is 1. The Balaban J connectivity index is 1.39. The van der Waals surface area contributed by atoms with Crippen molar-refractivity contribution in [1.29, 1.82) is 0 Å². The standard InChI is InChI=1S/C21H29N7O3/c1-4-12(2)23-21(30)31-15-6-5-14(9-15)17-11-19(26-25-17)24-20-18-10-16(13(3)29)27-28(18)8-7-22-20/h7-8,10-15,29H,4-6,9H2,1-3H3,(H,23,30)(H2,22,24,25,26)/t12-,13+,14-,15+/m0/s1. The fourth-order valence-corrected chi connectivity index (χ4v) is 3.79. The number of aliphatic hydroxyl groups is 1. The van der Waals surface area contributed by atoms with Gasteiger partial charge in [0.05, 0.1) is 11.8 Å². The lowest BCUT2D eigenvalue weighted by atomic mass is 10.0. The zero-order valence-corrected chi connectivity index (χ0v) is 18.0. The van der Waals surface area contributed by atoms with Gasteiger partial charge in [-0.3, -0.25) is 5.10 Å². The van der Waals surface area contributed by atoms with E-state index in [2.05, 4.69) is 30.9 Å². The number of aromatic nitrogens is 5. The van der Waals surface area contributed by atoms with Crippen LogP contribution < -0.4 is 10.6 Å². The van der Waals surface area contributed by atoms with Crippen LogP contribution >= 0.6 is 0 Å². The molecule has 0 spiro atoms. The first-order valence-electron chi connectivity index (χ1n) is 10.7. The fourth-order valence-electron chi connectivity index (χ4n) is 3.79. The minimum atomic E-state index is -0.658. The molecule has 0 aromatic carbocycles. The van der Waals surface area contributed by atoms with Crippen LogP contribution in [-0.2, 0) is 4.74 Å². The van der Waals surface area contributed by atoms with Crippen molar-refractivity contribution in [3.63, 3.8) is 0 Å². The molecule has 10 nitrogen and oxygen atoms in total. The van der Waals surface area contributed by atoms with Crippen LogP contribution in [0.4, 0.5) is 16.4 Å². The van der Waals surface area contributed by atoms with Crippen LogP contribution in [0.5, 0.6) is 0 Å². The lowest BCUT2D eigenvalue weighted by Gasteiger charge is -2.16. The normalized spacial score (nSPS) is 20.5. The molecule has 4 rings (SSSR count). The van der Waals surface area contributed by atoms with Gasteiger partial charge in [0, 0.05) is 36.1 Å². The maximum atomic E-state index is 12.0. The van der Waals surface area contributed by atoms with Crippen molar-refractivity contribution in [2.24, 2.45) is 0 Å². The van der Waals surface area contributed by atoms with E-state index >= 15 is 0 Å². The minimum Gasteiger partial charge on any atom is -0.446 e. The average Bonchev–Trinajstić information content (AvgIpc) is 3.47. The number of ether oxygens (including phenoxy) is 1. The number of nitrogens with one attached hydrogen (secondary N) is 3. The Kier molecular flexibility index (Phi) is 6.08. The van der Waals surface area contributed by atoms with E-state index in [1.807, 2.05) is 19.9 Å². The topological polar surface area (TPSA) is 129 Å². The molecule has 4 N–H and O–H groups in total. The first-order valence-corrected chi connectivity index (χ1v) is 10.7. The maximum Gasteiger partial charge on any atom is 0.407 e. The number of amides is 1. The van der Waals surface area contributed by atoms with E-state index in [0.29, 0.717) is 17.3 Å². The van der Waals surface area contributed by atoms with Gasteiger partial charge in [0.25, 0.3) is 0 Å². The molecule has 1 aliphatic carbocycles. The third kappa shape index (κ3) is 4.79. The van der Waals surface area contributed by atoms with Crippen LogP contribution in [0.15, 0.2) is 24.5 Å². The summed E-state index contributed by atoms with van der Waals surface area (Å²) >= 11 is 0. The number of rotatable bonds is 7. The molecule has 3 heterocycles. The Labute approximate surface area is 180 Å². The largest absolute Gasteiger partial charge is 0.446 e. The molecule has 0 radical (unpaired) electrons. The van der Waals surface area contributed by atoms with Crippen molar-refractivity contribution in [3.05, 3.63) is 35.9 Å². The molecule has 3 aromatic heterocycles. The maximum absolute atomic E-state index is 12.0. The summed E-state index contributed by atoms with van der Waals surface area (Å²) in [6.07, 6.45) is 5.69. The Bertz CT molecular complexity index is 1040. The number of hydrogen-bond donors (Lipinski definition) is 4. The van der Waals surface area contributed by atoms with Crippen LogP contribution in [-0.4, -0.2) is 48.1 Å². The van der Waals surface area contributed by atoms with E-state index in [1.165, 1.54) is 0 Å². The van der Waals surface area contributed by atoms with Crippen molar-refractivity contribution in [2.45, 2.75) is 70.6 Å². The molecule has 1 amide bonds. The molecule has 1 saturated carbocycles. The highest BCUT2D eigenvalue weighted by atomic mass is 16.6. The Hall–Kier alpha value is -3.14. The second kappa shape index (κ2) is 8.93. The first-order chi connectivity index (χ1) is 14.9. The minimum absolute atomic E-state index is 0.0881. The van der Waals surface area contributed by atoms with Gasteiger partial charge >= 0.3 is 6.09 Å². The lowest BCUT2D eigenvalue weighted by Crippen LogP contribution is -2.34. The average molecular weight is 428 g/mol. The van der Waals surface area contributed by atoms with E-state index in [4.69, 9.17) is 4.74 Å². The van der Waals surface area contributed by atoms with Gasteiger partial charge in [-0.15, -0.1) is 0 Å². The second-order valence-corrected chi connectivity index (χ2v) is 8.18. The molecule has 3 aromatic rings. The van der Waals surface area contributed by atoms with Gasteiger partial charge in [0.15, 0.2) is 11.6 Å². The number of carbonyl (C=O) groups excluding carboxylic acids is 1. The highest BCUT2D eigenvalue weighted by Crippen LogP contribution is 2.36. The Morgan fingerprint density at radius 3 is 3.00 bits per heavy atom. The monoisotopic (exact) mass is 427 g/mol. The molecule has 166 valence electrons. The van der Waals surface area contributed by atoms with Crippen LogP contribution in [0, 0.1) is 0 Å². The second-order valence-electron chi connectivity index (χ2n) is 8.18. The molecule has 0 aliphatic heterocycles. The van der Waals surface area contributed by atoms with Gasteiger partial charge in [-0.2, -0.15) is 10.2 Å². The first kappa shape index (κ1) is 21.1. The number of aliphatic hydroxyl groups excluding tert-OH is 1. The zero-order valence-electron chi connectivity index (χ0n) is 18.0. The molecule has 4 atom stereocenters.